The van der Waals surface area contributed by atoms with Gasteiger partial charge in [-0.3, -0.25) is 4.99 Å². The van der Waals surface area contributed by atoms with Crippen LogP contribution in [0.4, 0.5) is 0 Å². The van der Waals surface area contributed by atoms with Gasteiger partial charge in [0.2, 0.25) is 0 Å². The fourth-order valence-electron chi connectivity index (χ4n) is 1.28. The normalized spacial score (nSPS) is 17.1. The minimum Gasteiger partial charge on any atom is -0.384 e. The van der Waals surface area contributed by atoms with Crippen LogP contribution in [-0.2, 0) is 0 Å². The van der Waals surface area contributed by atoms with Gasteiger partial charge in [-0.05, 0) is 19.3 Å². The topological polar surface area (TPSA) is 32.6 Å². The molecule has 0 aromatic carbocycles. The molecular weight excluding hydrogens is 290 g/mol. The van der Waals surface area contributed by atoms with Gasteiger partial charge in [-0.1, -0.05) is 20.8 Å². The first-order valence-corrected chi connectivity index (χ1v) is 4.15. The molecule has 12 heavy (non-hydrogen) atoms. The third kappa shape index (κ3) is 3.53. The molecule has 0 heterocycles. The van der Waals surface area contributed by atoms with Crippen LogP contribution in [0.3, 0.4) is 0 Å². The van der Waals surface area contributed by atoms with Crippen LogP contribution in [0.2, 0.25) is 0 Å². The van der Waals surface area contributed by atoms with Crippen LogP contribution in [0.15, 0.2) is 4.99 Å². The van der Waals surface area contributed by atoms with E-state index in [1.807, 2.05) is 27.7 Å². The Balaban J connectivity index is 0. The van der Waals surface area contributed by atoms with Crippen molar-refractivity contribution in [1.29, 1.82) is 0 Å². The van der Waals surface area contributed by atoms with Crippen molar-refractivity contribution in [3.8, 4) is 0 Å². The zero-order valence-corrected chi connectivity index (χ0v) is 11.0. The maximum absolute atomic E-state index is 10.0. The van der Waals surface area contributed by atoms with Gasteiger partial charge in [0, 0.05) is 62.1 Å². The zero-order valence-electron chi connectivity index (χ0n) is 8.56. The molecule has 0 aromatic rings. The molecule has 0 rings (SSSR count). The molecule has 0 aliphatic heterocycles. The van der Waals surface area contributed by atoms with Gasteiger partial charge in [0.15, 0.2) is 0 Å². The fraction of sp³-hybridized carbons (Fsp3) is 0.889. The van der Waals surface area contributed by atoms with E-state index in [0.29, 0.717) is 0 Å². The molecule has 0 aliphatic carbocycles. The van der Waals surface area contributed by atoms with Crippen LogP contribution in [0.1, 0.15) is 34.1 Å². The number of aliphatic imine (C=N–C) groups is 1. The molecule has 0 fully saturated rings. The first-order valence-electron chi connectivity index (χ1n) is 4.15. The molecule has 0 saturated carbocycles. The maximum Gasteiger partial charge on any atom is 0.104 e. The van der Waals surface area contributed by atoms with E-state index in [1.165, 1.54) is 0 Å². The SMILES string of the molecule is CCC(O)(C(C)=NC)C(C)C.[Eu]. The minimum atomic E-state index is -0.700. The van der Waals surface area contributed by atoms with Crippen molar-refractivity contribution in [2.24, 2.45) is 10.9 Å². The second-order valence-electron chi connectivity index (χ2n) is 3.24. The quantitative estimate of drug-likeness (QED) is 0.793. The van der Waals surface area contributed by atoms with E-state index in [4.69, 9.17) is 0 Å². The zero-order chi connectivity index (χ0) is 9.07. The number of hydrogen-bond donors (Lipinski definition) is 1. The van der Waals surface area contributed by atoms with Crippen LogP contribution in [-0.4, -0.2) is 23.5 Å². The summed E-state index contributed by atoms with van der Waals surface area (Å²) in [5.41, 5.74) is 0.129. The summed E-state index contributed by atoms with van der Waals surface area (Å²) in [5, 5.41) is 10.0. The van der Waals surface area contributed by atoms with Gasteiger partial charge in [-0.2, -0.15) is 0 Å². The Morgan fingerprint density at radius 2 is 1.92 bits per heavy atom. The first kappa shape index (κ1) is 15.7. The Labute approximate surface area is 116 Å². The molecule has 1 atom stereocenters. The Morgan fingerprint density at radius 3 is 2.00 bits per heavy atom. The Hall–Kier alpha value is 1.21. The molecule has 2 nitrogen and oxygen atoms in total. The van der Waals surface area contributed by atoms with Crippen molar-refractivity contribution < 1.29 is 54.5 Å². The summed E-state index contributed by atoms with van der Waals surface area (Å²) in [7, 11) is 1.72. The van der Waals surface area contributed by atoms with Crippen molar-refractivity contribution in [3.05, 3.63) is 0 Å². The van der Waals surface area contributed by atoms with E-state index >= 15 is 0 Å². The van der Waals surface area contributed by atoms with Crippen molar-refractivity contribution >= 4 is 5.71 Å². The standard InChI is InChI=1S/C9H19NO.Eu/c1-6-9(11,7(2)3)8(4)10-5;/h7,11H,6H2,1-5H3;. The third-order valence-electron chi connectivity index (χ3n) is 2.46. The van der Waals surface area contributed by atoms with Gasteiger partial charge >= 0.3 is 0 Å². The summed E-state index contributed by atoms with van der Waals surface area (Å²) in [5.74, 6) is 0.233. The predicted molar refractivity (Wildman–Crippen MR) is 49.1 cm³/mol. The largest absolute Gasteiger partial charge is 0.384 e. The molecule has 1 unspecified atom stereocenters. The first-order chi connectivity index (χ1) is 4.99. The molecule has 0 aliphatic rings. The van der Waals surface area contributed by atoms with Crippen LogP contribution in [0.5, 0.6) is 0 Å². The van der Waals surface area contributed by atoms with E-state index < -0.39 is 5.60 Å². The van der Waals surface area contributed by atoms with E-state index in [1.54, 1.807) is 7.05 Å². The second-order valence-corrected chi connectivity index (χ2v) is 3.24. The monoisotopic (exact) mass is 310 g/mol. The molecule has 0 amide bonds. The Morgan fingerprint density at radius 1 is 1.50 bits per heavy atom. The van der Waals surface area contributed by atoms with Crippen molar-refractivity contribution in [2.45, 2.75) is 39.7 Å². The summed E-state index contributed by atoms with van der Waals surface area (Å²) in [6.07, 6.45) is 0.730. The summed E-state index contributed by atoms with van der Waals surface area (Å²) in [6, 6.07) is 0. The summed E-state index contributed by atoms with van der Waals surface area (Å²) >= 11 is 0. The average molecular weight is 309 g/mol. The van der Waals surface area contributed by atoms with Gasteiger partial charge in [0.1, 0.15) is 5.60 Å². The second kappa shape index (κ2) is 6.64. The van der Waals surface area contributed by atoms with Gasteiger partial charge in [0.25, 0.3) is 0 Å². The fourth-order valence-corrected chi connectivity index (χ4v) is 1.28. The summed E-state index contributed by atoms with van der Waals surface area (Å²) < 4.78 is 0. The van der Waals surface area contributed by atoms with Crippen molar-refractivity contribution in [3.63, 3.8) is 0 Å². The smallest absolute Gasteiger partial charge is 0.104 e. The average Bonchev–Trinajstić information content (AvgIpc) is 2.01. The molecule has 0 aromatic heterocycles. The van der Waals surface area contributed by atoms with Crippen molar-refractivity contribution in [2.75, 3.05) is 7.05 Å². The number of hydrogen-bond acceptors (Lipinski definition) is 2. The van der Waals surface area contributed by atoms with Crippen LogP contribution < -0.4 is 0 Å². The third-order valence-corrected chi connectivity index (χ3v) is 2.46. The van der Waals surface area contributed by atoms with E-state index in [0.717, 1.165) is 12.1 Å². The molecule has 3 heteroatoms. The Kier molecular flexibility index (Phi) is 8.67. The molecule has 1 radical (unpaired) electrons. The molecule has 0 bridgehead atoms. The van der Waals surface area contributed by atoms with E-state index in [9.17, 15) is 5.11 Å². The van der Waals surface area contributed by atoms with Gasteiger partial charge in [-0.15, -0.1) is 0 Å². The number of nitrogens with zero attached hydrogens (tertiary/aromatic N) is 1. The molecular formula is C9H19EuNO. The predicted octanol–water partition coefficient (Wildman–Crippen LogP) is 1.87. The minimum absolute atomic E-state index is 0. The van der Waals surface area contributed by atoms with Crippen LogP contribution in [0.25, 0.3) is 0 Å². The molecule has 0 spiro atoms. The maximum atomic E-state index is 10.0. The summed E-state index contributed by atoms with van der Waals surface area (Å²) in [4.78, 5) is 4.02. The van der Waals surface area contributed by atoms with Gasteiger partial charge < -0.3 is 5.11 Å². The Bertz CT molecular complexity index is 157. The van der Waals surface area contributed by atoms with Crippen molar-refractivity contribution in [1.82, 2.24) is 0 Å². The number of rotatable bonds is 3. The van der Waals surface area contributed by atoms with Crippen LogP contribution >= 0.6 is 0 Å². The van der Waals surface area contributed by atoms with E-state index in [2.05, 4.69) is 4.99 Å². The number of aliphatic hydroxyl groups is 1. The molecule has 0 saturated heterocycles. The van der Waals surface area contributed by atoms with Gasteiger partial charge in [0.05, 0.1) is 0 Å². The summed E-state index contributed by atoms with van der Waals surface area (Å²) in [6.45, 7) is 7.88. The molecule has 73 valence electrons. The van der Waals surface area contributed by atoms with Gasteiger partial charge in [-0.25, -0.2) is 0 Å². The van der Waals surface area contributed by atoms with Crippen LogP contribution in [0, 0.1) is 55.3 Å². The molecule has 1 N–H and O–H groups in total. The van der Waals surface area contributed by atoms with E-state index in [-0.39, 0.29) is 55.3 Å².